The fourth-order valence-electron chi connectivity index (χ4n) is 3.29. The molecule has 0 bridgehead atoms. The zero-order valence-electron chi connectivity index (χ0n) is 17.8. The van der Waals surface area contributed by atoms with Crippen molar-refractivity contribution in [1.29, 1.82) is 0 Å². The fraction of sp³-hybridized carbons (Fsp3) is 0.160. The van der Waals surface area contributed by atoms with Gasteiger partial charge in [0, 0.05) is 17.8 Å². The van der Waals surface area contributed by atoms with Crippen LogP contribution in [0.15, 0.2) is 90.1 Å². The van der Waals surface area contributed by atoms with Crippen LogP contribution >= 0.6 is 11.8 Å². The average Bonchev–Trinajstić information content (AvgIpc) is 3.28. The van der Waals surface area contributed by atoms with E-state index in [0.29, 0.717) is 17.5 Å². The molecule has 0 saturated heterocycles. The maximum atomic E-state index is 12.4. The Hall–Kier alpha value is -3.58. The van der Waals surface area contributed by atoms with Crippen molar-refractivity contribution in [3.05, 3.63) is 90.5 Å². The molecule has 1 amide bonds. The second-order valence-corrected chi connectivity index (χ2v) is 8.03. The lowest BCUT2D eigenvalue weighted by atomic mass is 10.1. The van der Waals surface area contributed by atoms with E-state index >= 15 is 0 Å². The van der Waals surface area contributed by atoms with Gasteiger partial charge in [-0.25, -0.2) is 0 Å². The molecule has 32 heavy (non-hydrogen) atoms. The number of para-hydroxylation sites is 1. The largest absolute Gasteiger partial charge is 0.497 e. The maximum Gasteiger partial charge on any atom is 0.230 e. The number of benzene rings is 3. The lowest BCUT2D eigenvalue weighted by Gasteiger charge is -2.11. The highest BCUT2D eigenvalue weighted by molar-refractivity contribution is 7.99. The van der Waals surface area contributed by atoms with Crippen molar-refractivity contribution < 1.29 is 9.53 Å². The Labute approximate surface area is 191 Å². The van der Waals surface area contributed by atoms with Crippen molar-refractivity contribution in [2.45, 2.75) is 11.6 Å². The Balaban J connectivity index is 1.48. The van der Waals surface area contributed by atoms with Crippen molar-refractivity contribution in [1.82, 2.24) is 20.1 Å². The molecule has 1 heterocycles. The number of nitrogens with zero attached hydrogens (tertiary/aromatic N) is 3. The minimum atomic E-state index is -0.0310. The van der Waals surface area contributed by atoms with Gasteiger partial charge < -0.3 is 10.1 Å². The van der Waals surface area contributed by atoms with Crippen LogP contribution in [0.4, 0.5) is 0 Å². The Bertz CT molecular complexity index is 1160. The minimum absolute atomic E-state index is 0.0310. The van der Waals surface area contributed by atoms with Crippen LogP contribution in [0.25, 0.3) is 17.1 Å². The summed E-state index contributed by atoms with van der Waals surface area (Å²) in [4.78, 5) is 12.4. The van der Waals surface area contributed by atoms with Gasteiger partial charge in [-0.3, -0.25) is 9.36 Å². The quantitative estimate of drug-likeness (QED) is 0.388. The van der Waals surface area contributed by atoms with E-state index in [-0.39, 0.29) is 11.7 Å². The van der Waals surface area contributed by atoms with Crippen LogP contribution < -0.4 is 10.1 Å². The number of carbonyl (C=O) groups is 1. The van der Waals surface area contributed by atoms with Crippen LogP contribution in [0.2, 0.25) is 0 Å². The van der Waals surface area contributed by atoms with Crippen LogP contribution in [-0.2, 0) is 11.2 Å². The molecular weight excluding hydrogens is 420 g/mol. The Morgan fingerprint density at radius 3 is 2.47 bits per heavy atom. The summed E-state index contributed by atoms with van der Waals surface area (Å²) in [5.41, 5.74) is 3.02. The van der Waals surface area contributed by atoms with Gasteiger partial charge in [-0.15, -0.1) is 10.2 Å². The first-order valence-electron chi connectivity index (χ1n) is 10.3. The van der Waals surface area contributed by atoms with Gasteiger partial charge in [-0.05, 0) is 36.2 Å². The molecule has 1 N–H and O–H groups in total. The first-order chi connectivity index (χ1) is 15.7. The molecule has 0 unspecified atom stereocenters. The number of methoxy groups -OCH3 is 1. The van der Waals surface area contributed by atoms with Crippen molar-refractivity contribution in [2.75, 3.05) is 19.4 Å². The third kappa shape index (κ3) is 5.36. The van der Waals surface area contributed by atoms with Crippen LogP contribution in [-0.4, -0.2) is 40.1 Å². The summed E-state index contributed by atoms with van der Waals surface area (Å²) in [6.45, 7) is 0.601. The van der Waals surface area contributed by atoms with E-state index in [1.165, 1.54) is 17.3 Å². The number of rotatable bonds is 9. The molecule has 0 fully saturated rings. The summed E-state index contributed by atoms with van der Waals surface area (Å²) < 4.78 is 7.33. The zero-order valence-corrected chi connectivity index (χ0v) is 18.6. The zero-order chi connectivity index (χ0) is 22.2. The highest BCUT2D eigenvalue weighted by Gasteiger charge is 2.17. The molecule has 6 nitrogen and oxygen atoms in total. The first kappa shape index (κ1) is 21.6. The molecule has 0 aliphatic carbocycles. The second kappa shape index (κ2) is 10.6. The molecule has 0 spiro atoms. The first-order valence-corrected chi connectivity index (χ1v) is 11.3. The van der Waals surface area contributed by atoms with Crippen molar-refractivity contribution in [2.24, 2.45) is 0 Å². The number of hydrogen-bond acceptors (Lipinski definition) is 5. The second-order valence-electron chi connectivity index (χ2n) is 7.08. The summed E-state index contributed by atoms with van der Waals surface area (Å²) in [7, 11) is 1.64. The number of hydrogen-bond donors (Lipinski definition) is 1. The molecule has 162 valence electrons. The number of thioether (sulfide) groups is 1. The molecule has 7 heteroatoms. The van der Waals surface area contributed by atoms with Crippen LogP contribution in [0, 0.1) is 0 Å². The maximum absolute atomic E-state index is 12.4. The molecule has 4 rings (SSSR count). The predicted molar refractivity (Wildman–Crippen MR) is 127 cm³/mol. The van der Waals surface area contributed by atoms with Crippen LogP contribution in [0.3, 0.4) is 0 Å². The summed E-state index contributed by atoms with van der Waals surface area (Å²) in [6, 6.07) is 27.7. The molecule has 1 aromatic heterocycles. The van der Waals surface area contributed by atoms with E-state index < -0.39 is 0 Å². The summed E-state index contributed by atoms with van der Waals surface area (Å²) in [5, 5.41) is 12.4. The Kier molecular flexibility index (Phi) is 7.19. The van der Waals surface area contributed by atoms with E-state index in [4.69, 9.17) is 4.74 Å². The number of nitrogens with one attached hydrogen (secondary N) is 1. The highest BCUT2D eigenvalue weighted by Crippen LogP contribution is 2.29. The number of amides is 1. The van der Waals surface area contributed by atoms with Gasteiger partial charge in [0.1, 0.15) is 5.75 Å². The normalized spacial score (nSPS) is 10.7. The van der Waals surface area contributed by atoms with Crippen LogP contribution in [0.5, 0.6) is 5.75 Å². The molecule has 3 aromatic carbocycles. The molecule has 4 aromatic rings. The summed E-state index contributed by atoms with van der Waals surface area (Å²) in [5.74, 6) is 1.67. The Morgan fingerprint density at radius 2 is 1.72 bits per heavy atom. The number of carbonyl (C=O) groups excluding carboxylic acids is 1. The van der Waals surface area contributed by atoms with Gasteiger partial charge >= 0.3 is 0 Å². The van der Waals surface area contributed by atoms with E-state index in [1.807, 2.05) is 77.4 Å². The van der Waals surface area contributed by atoms with E-state index in [9.17, 15) is 4.79 Å². The standard InChI is InChI=1S/C25H24N4O2S/c1-31-22-14-8-11-20(17-22)24-27-28-25(29(24)21-12-6-3-7-13-21)32-18-23(30)26-16-15-19-9-4-2-5-10-19/h2-14,17H,15-16,18H2,1H3,(H,26,30). The van der Waals surface area contributed by atoms with E-state index in [2.05, 4.69) is 27.6 Å². The van der Waals surface area contributed by atoms with Gasteiger partial charge in [0.15, 0.2) is 11.0 Å². The summed E-state index contributed by atoms with van der Waals surface area (Å²) >= 11 is 1.37. The monoisotopic (exact) mass is 444 g/mol. The van der Waals surface area contributed by atoms with E-state index in [0.717, 1.165) is 23.4 Å². The predicted octanol–water partition coefficient (Wildman–Crippen LogP) is 4.39. The lowest BCUT2D eigenvalue weighted by Crippen LogP contribution is -2.27. The lowest BCUT2D eigenvalue weighted by molar-refractivity contribution is -0.118. The van der Waals surface area contributed by atoms with Crippen LogP contribution in [0.1, 0.15) is 5.56 Å². The van der Waals surface area contributed by atoms with E-state index in [1.54, 1.807) is 7.11 Å². The molecule has 0 saturated carbocycles. The third-order valence-electron chi connectivity index (χ3n) is 4.89. The van der Waals surface area contributed by atoms with Gasteiger partial charge in [0.2, 0.25) is 5.91 Å². The third-order valence-corrected chi connectivity index (χ3v) is 5.82. The van der Waals surface area contributed by atoms with Gasteiger partial charge in [0.25, 0.3) is 0 Å². The van der Waals surface area contributed by atoms with Gasteiger partial charge in [-0.1, -0.05) is 72.4 Å². The molecular formula is C25H24N4O2S. The fourth-order valence-corrected chi connectivity index (χ4v) is 4.08. The topological polar surface area (TPSA) is 69.0 Å². The minimum Gasteiger partial charge on any atom is -0.497 e. The number of aromatic nitrogens is 3. The smallest absolute Gasteiger partial charge is 0.230 e. The molecule has 0 atom stereocenters. The SMILES string of the molecule is COc1cccc(-c2nnc(SCC(=O)NCCc3ccccc3)n2-c2ccccc2)c1. The van der Waals surface area contributed by atoms with Crippen molar-refractivity contribution in [3.8, 4) is 22.8 Å². The molecule has 0 aliphatic rings. The number of ether oxygens (including phenoxy) is 1. The Morgan fingerprint density at radius 1 is 0.969 bits per heavy atom. The summed E-state index contributed by atoms with van der Waals surface area (Å²) in [6.07, 6.45) is 0.803. The average molecular weight is 445 g/mol. The van der Waals surface area contributed by atoms with Gasteiger partial charge in [0.05, 0.1) is 12.9 Å². The van der Waals surface area contributed by atoms with Crippen molar-refractivity contribution in [3.63, 3.8) is 0 Å². The molecule has 0 radical (unpaired) electrons. The highest BCUT2D eigenvalue weighted by atomic mass is 32.2. The van der Waals surface area contributed by atoms with Crippen molar-refractivity contribution >= 4 is 17.7 Å². The molecule has 0 aliphatic heterocycles. The van der Waals surface area contributed by atoms with Gasteiger partial charge in [-0.2, -0.15) is 0 Å².